The Kier molecular flexibility index (Phi) is 8.22. The molecule has 0 radical (unpaired) electrons. The topological polar surface area (TPSA) is 175 Å². The smallest absolute Gasteiger partial charge is 0.339 e. The second kappa shape index (κ2) is 10.7. The first-order valence-electron chi connectivity index (χ1n) is 9.54. The molecule has 0 saturated carbocycles. The number of carbonyl (C=O) groups excluding carboxylic acids is 4. The summed E-state index contributed by atoms with van der Waals surface area (Å²) >= 11 is 0. The van der Waals surface area contributed by atoms with Crippen molar-refractivity contribution < 1.29 is 58.5 Å². The molecule has 0 unspecified atom stereocenters. The molecule has 0 aliphatic carbocycles. The van der Waals surface area contributed by atoms with Gasteiger partial charge in [-0.15, -0.1) is 0 Å². The number of carbonyl (C=O) groups is 6. The van der Waals surface area contributed by atoms with Gasteiger partial charge in [-0.3, -0.25) is 19.2 Å². The molecule has 0 atom stereocenters. The van der Waals surface area contributed by atoms with E-state index in [1.807, 2.05) is 0 Å². The molecule has 4 heterocycles. The Balaban J connectivity index is 0.000000240. The molecule has 4 rings (SSSR count). The number of amides is 4. The number of carboxylic acid groups (broad SMARTS) is 2. The summed E-state index contributed by atoms with van der Waals surface area (Å²) in [7, 11) is 0. The summed E-state index contributed by atoms with van der Waals surface area (Å²) in [6.07, 6.45) is 4.97. The van der Waals surface area contributed by atoms with Crippen molar-refractivity contribution in [3.05, 3.63) is 71.1 Å². The van der Waals surface area contributed by atoms with Gasteiger partial charge in [-0.05, 0) is 38.1 Å². The van der Waals surface area contributed by atoms with Gasteiger partial charge in [0.1, 0.15) is 11.1 Å². The summed E-state index contributed by atoms with van der Waals surface area (Å²) in [5.41, 5.74) is 0.156. The largest absolute Gasteiger partial charge is 0.478 e. The Morgan fingerprint density at radius 3 is 1.31 bits per heavy atom. The van der Waals surface area contributed by atoms with E-state index in [0.717, 1.165) is 22.0 Å². The second-order valence-corrected chi connectivity index (χ2v) is 6.97. The zero-order valence-corrected chi connectivity index (χ0v) is 21.4. The normalized spacial score (nSPS) is 14.7. The first kappa shape index (κ1) is 26.9. The summed E-state index contributed by atoms with van der Waals surface area (Å²) in [4.78, 5) is 77.6. The van der Waals surface area contributed by atoms with Gasteiger partial charge < -0.3 is 10.2 Å². The number of anilines is 2. The van der Waals surface area contributed by atoms with Crippen LogP contribution in [-0.2, 0) is 38.7 Å². The number of hydrogen-bond donors (Lipinski definition) is 2. The summed E-state index contributed by atoms with van der Waals surface area (Å²) in [5, 5.41) is 17.9. The number of rotatable bonds is 4. The van der Waals surface area contributed by atoms with Gasteiger partial charge in [-0.1, -0.05) is 0 Å². The van der Waals surface area contributed by atoms with Gasteiger partial charge in [0, 0.05) is 55.2 Å². The SMILES string of the molecule is CC1=CC(=O)N(c2ncccc2C(=O)O)C1=O.CC1=CC(=O)N(c2ncccc2C(=O)O)C1=O.[Zn]. The molecule has 0 spiro atoms. The van der Waals surface area contributed by atoms with E-state index in [0.29, 0.717) is 0 Å². The Labute approximate surface area is 210 Å². The minimum atomic E-state index is -1.24. The third kappa shape index (κ3) is 5.25. The van der Waals surface area contributed by atoms with Gasteiger partial charge in [0.2, 0.25) is 0 Å². The maximum atomic E-state index is 11.7. The number of aromatic carboxylic acids is 2. The van der Waals surface area contributed by atoms with Crippen molar-refractivity contribution in [3.8, 4) is 0 Å². The van der Waals surface area contributed by atoms with Crippen LogP contribution in [-0.4, -0.2) is 55.7 Å². The zero-order valence-electron chi connectivity index (χ0n) is 18.5. The van der Waals surface area contributed by atoms with Crippen LogP contribution in [0.1, 0.15) is 34.6 Å². The first-order valence-corrected chi connectivity index (χ1v) is 9.54. The van der Waals surface area contributed by atoms with Gasteiger partial charge in [-0.2, -0.15) is 0 Å². The monoisotopic (exact) mass is 528 g/mol. The number of hydrogen-bond acceptors (Lipinski definition) is 8. The fraction of sp³-hybridized carbons (Fsp3) is 0.0909. The molecule has 4 amide bonds. The van der Waals surface area contributed by atoms with Crippen LogP contribution in [0.2, 0.25) is 0 Å². The fourth-order valence-electron chi connectivity index (χ4n) is 3.06. The number of pyridine rings is 2. The van der Waals surface area contributed by atoms with Crippen molar-refractivity contribution in [2.75, 3.05) is 9.80 Å². The quantitative estimate of drug-likeness (QED) is 0.432. The van der Waals surface area contributed by atoms with Gasteiger partial charge in [-0.25, -0.2) is 29.4 Å². The van der Waals surface area contributed by atoms with Crippen LogP contribution in [0, 0.1) is 0 Å². The molecule has 0 fully saturated rings. The van der Waals surface area contributed by atoms with Crippen LogP contribution < -0.4 is 9.80 Å². The molecule has 2 aliphatic heterocycles. The Bertz CT molecular complexity index is 1230. The average Bonchev–Trinajstić information content (AvgIpc) is 3.20. The molecular formula is C22H16N4O8Zn. The van der Waals surface area contributed by atoms with Gasteiger partial charge >= 0.3 is 11.9 Å². The van der Waals surface area contributed by atoms with Crippen LogP contribution in [0.5, 0.6) is 0 Å². The van der Waals surface area contributed by atoms with Crippen LogP contribution in [0.25, 0.3) is 0 Å². The third-order valence-electron chi connectivity index (χ3n) is 4.66. The molecule has 2 aromatic heterocycles. The second-order valence-electron chi connectivity index (χ2n) is 6.97. The van der Waals surface area contributed by atoms with E-state index in [-0.39, 0.29) is 53.4 Å². The van der Waals surface area contributed by atoms with E-state index in [1.165, 1.54) is 50.5 Å². The minimum absolute atomic E-state index is 0. The maximum absolute atomic E-state index is 11.7. The third-order valence-corrected chi connectivity index (χ3v) is 4.66. The van der Waals surface area contributed by atoms with E-state index >= 15 is 0 Å². The molecule has 12 nitrogen and oxygen atoms in total. The number of aromatic nitrogens is 2. The molecule has 2 N–H and O–H groups in total. The van der Waals surface area contributed by atoms with Crippen molar-refractivity contribution in [2.45, 2.75) is 13.8 Å². The van der Waals surface area contributed by atoms with E-state index in [4.69, 9.17) is 10.2 Å². The van der Waals surface area contributed by atoms with Crippen LogP contribution in [0.4, 0.5) is 11.6 Å². The van der Waals surface area contributed by atoms with Gasteiger partial charge in [0.25, 0.3) is 23.6 Å². The average molecular weight is 530 g/mol. The molecule has 35 heavy (non-hydrogen) atoms. The van der Waals surface area contributed by atoms with Crippen LogP contribution in [0.15, 0.2) is 60.0 Å². The molecule has 0 bridgehead atoms. The van der Waals surface area contributed by atoms with Crippen LogP contribution in [0.3, 0.4) is 0 Å². The number of carboxylic acids is 2. The summed E-state index contributed by atoms with van der Waals surface area (Å²) in [6, 6.07) is 5.44. The molecule has 2 aliphatic rings. The predicted molar refractivity (Wildman–Crippen MR) is 115 cm³/mol. The van der Waals surface area contributed by atoms with E-state index in [1.54, 1.807) is 0 Å². The summed E-state index contributed by atoms with van der Waals surface area (Å²) in [5.74, 6) is -5.02. The van der Waals surface area contributed by atoms with Crippen molar-refractivity contribution in [3.63, 3.8) is 0 Å². The first-order chi connectivity index (χ1) is 16.0. The Morgan fingerprint density at radius 2 is 1.06 bits per heavy atom. The zero-order chi connectivity index (χ0) is 25.2. The van der Waals surface area contributed by atoms with Crippen molar-refractivity contribution in [1.29, 1.82) is 0 Å². The van der Waals surface area contributed by atoms with Gasteiger partial charge in [0.15, 0.2) is 11.6 Å². The van der Waals surface area contributed by atoms with Crippen LogP contribution >= 0.6 is 0 Å². The van der Waals surface area contributed by atoms with Crippen molar-refractivity contribution in [2.24, 2.45) is 0 Å². The molecule has 0 saturated heterocycles. The Hall–Kier alpha value is -4.38. The summed E-state index contributed by atoms with van der Waals surface area (Å²) in [6.45, 7) is 2.98. The maximum Gasteiger partial charge on any atom is 0.339 e. The fourth-order valence-corrected chi connectivity index (χ4v) is 3.06. The van der Waals surface area contributed by atoms with Crippen molar-refractivity contribution in [1.82, 2.24) is 9.97 Å². The molecule has 0 aromatic carbocycles. The molecule has 174 valence electrons. The van der Waals surface area contributed by atoms with E-state index in [2.05, 4.69) is 9.97 Å². The van der Waals surface area contributed by atoms with Gasteiger partial charge in [0.05, 0.1) is 0 Å². The van der Waals surface area contributed by atoms with E-state index in [9.17, 15) is 28.8 Å². The predicted octanol–water partition coefficient (Wildman–Crippen LogP) is 1.20. The summed E-state index contributed by atoms with van der Waals surface area (Å²) < 4.78 is 0. The minimum Gasteiger partial charge on any atom is -0.478 e. The molecule has 13 heteroatoms. The molecule has 2 aromatic rings. The van der Waals surface area contributed by atoms with Crippen molar-refractivity contribution >= 4 is 47.2 Å². The van der Waals surface area contributed by atoms with E-state index < -0.39 is 35.6 Å². The molecular weight excluding hydrogens is 514 g/mol. The standard InChI is InChI=1S/2C11H8N2O4.Zn/c2*1-6-5-8(14)13(10(6)15)9-7(11(16)17)3-2-4-12-9;/h2*2-5H,1H3,(H,16,17);. The number of nitrogens with zero attached hydrogens (tertiary/aromatic N) is 4. The number of imide groups is 2. The Morgan fingerprint density at radius 1 is 0.714 bits per heavy atom.